The Labute approximate surface area is 149 Å². The smallest absolute Gasteiger partial charge is 0.258 e. The van der Waals surface area contributed by atoms with E-state index in [1.165, 1.54) is 16.9 Å². The van der Waals surface area contributed by atoms with E-state index in [-0.39, 0.29) is 18.0 Å². The SMILES string of the molecule is O=c1cc(C[n+]2cccc(-c3ccccc3)c2)nc2sccn12.[Cl-]. The van der Waals surface area contributed by atoms with Crippen LogP contribution in [0.2, 0.25) is 0 Å². The highest BCUT2D eigenvalue weighted by Crippen LogP contribution is 2.16. The van der Waals surface area contributed by atoms with Crippen molar-refractivity contribution in [1.29, 1.82) is 0 Å². The molecule has 0 aliphatic rings. The minimum atomic E-state index is -0.0361. The van der Waals surface area contributed by atoms with Gasteiger partial charge >= 0.3 is 0 Å². The minimum absolute atomic E-state index is 0. The molecule has 0 N–H and O–H groups in total. The predicted molar refractivity (Wildman–Crippen MR) is 90.5 cm³/mol. The highest BCUT2D eigenvalue weighted by Gasteiger charge is 2.10. The summed E-state index contributed by atoms with van der Waals surface area (Å²) in [5.74, 6) is 0. The van der Waals surface area contributed by atoms with Crippen molar-refractivity contribution in [3.63, 3.8) is 0 Å². The lowest BCUT2D eigenvalue weighted by Gasteiger charge is -2.02. The molecule has 0 aliphatic heterocycles. The molecule has 0 atom stereocenters. The Kier molecular flexibility index (Phi) is 4.74. The number of halogens is 1. The molecule has 4 aromatic rings. The predicted octanol–water partition coefficient (Wildman–Crippen LogP) is -0.237. The van der Waals surface area contributed by atoms with Gasteiger partial charge in [-0.15, -0.1) is 11.3 Å². The van der Waals surface area contributed by atoms with Crippen LogP contribution in [-0.4, -0.2) is 9.38 Å². The van der Waals surface area contributed by atoms with Gasteiger partial charge in [0, 0.05) is 29.3 Å². The van der Waals surface area contributed by atoms with E-state index in [0.717, 1.165) is 16.2 Å². The minimum Gasteiger partial charge on any atom is -1.00 e. The number of benzene rings is 1. The van der Waals surface area contributed by atoms with Crippen molar-refractivity contribution >= 4 is 16.3 Å². The zero-order valence-electron chi connectivity index (χ0n) is 12.7. The molecule has 0 amide bonds. The largest absolute Gasteiger partial charge is 1.00 e. The van der Waals surface area contributed by atoms with E-state index in [4.69, 9.17) is 0 Å². The van der Waals surface area contributed by atoms with Gasteiger partial charge in [-0.05, 0) is 11.6 Å². The molecule has 0 saturated carbocycles. The molecule has 0 spiro atoms. The maximum absolute atomic E-state index is 12.1. The fourth-order valence-electron chi connectivity index (χ4n) is 2.58. The van der Waals surface area contributed by atoms with Crippen molar-refractivity contribution in [3.8, 4) is 11.1 Å². The van der Waals surface area contributed by atoms with E-state index in [0.29, 0.717) is 6.54 Å². The molecule has 1 aromatic carbocycles. The maximum Gasteiger partial charge on any atom is 0.258 e. The maximum atomic E-state index is 12.1. The first kappa shape index (κ1) is 16.4. The van der Waals surface area contributed by atoms with Crippen LogP contribution in [0, 0.1) is 0 Å². The summed E-state index contributed by atoms with van der Waals surface area (Å²) in [6.07, 6.45) is 5.82. The van der Waals surface area contributed by atoms with Crippen LogP contribution >= 0.6 is 11.3 Å². The van der Waals surface area contributed by atoms with Crippen molar-refractivity contribution in [2.75, 3.05) is 0 Å². The fraction of sp³-hybridized carbons (Fsp3) is 0.0556. The second kappa shape index (κ2) is 6.95. The highest BCUT2D eigenvalue weighted by atomic mass is 35.5. The van der Waals surface area contributed by atoms with Crippen LogP contribution < -0.4 is 22.5 Å². The van der Waals surface area contributed by atoms with Gasteiger partial charge in [0.25, 0.3) is 5.56 Å². The lowest BCUT2D eigenvalue weighted by atomic mass is 10.1. The molecular weight excluding hydrogens is 342 g/mol. The van der Waals surface area contributed by atoms with Gasteiger partial charge in [0.15, 0.2) is 23.9 Å². The van der Waals surface area contributed by atoms with Crippen LogP contribution in [0.25, 0.3) is 16.1 Å². The molecule has 0 unspecified atom stereocenters. The molecule has 6 heteroatoms. The van der Waals surface area contributed by atoms with Gasteiger partial charge in [-0.25, -0.2) is 4.98 Å². The third-order valence-electron chi connectivity index (χ3n) is 3.67. The standard InChI is InChI=1S/C18H14N3OS.ClH/c22-17-11-16(19-18-21(17)9-10-23-18)13-20-8-4-7-15(12-20)14-5-2-1-3-6-14;/h1-12H,13H2;1H/q+1;/p-1. The van der Waals surface area contributed by atoms with E-state index in [2.05, 4.69) is 29.4 Å². The lowest BCUT2D eigenvalue weighted by molar-refractivity contribution is -0.688. The Bertz CT molecular complexity index is 1030. The Morgan fingerprint density at radius 1 is 1.08 bits per heavy atom. The fourth-order valence-corrected chi connectivity index (χ4v) is 3.32. The van der Waals surface area contributed by atoms with Crippen molar-refractivity contribution in [2.45, 2.75) is 6.54 Å². The number of pyridine rings is 1. The zero-order chi connectivity index (χ0) is 15.6. The Morgan fingerprint density at radius 3 is 2.71 bits per heavy atom. The third kappa shape index (κ3) is 3.22. The third-order valence-corrected chi connectivity index (χ3v) is 4.42. The molecule has 0 radical (unpaired) electrons. The molecule has 0 aliphatic carbocycles. The van der Waals surface area contributed by atoms with Crippen molar-refractivity contribution in [2.24, 2.45) is 0 Å². The van der Waals surface area contributed by atoms with E-state index in [1.807, 2.05) is 40.4 Å². The Hall–Kier alpha value is -2.50. The molecule has 4 nitrogen and oxygen atoms in total. The zero-order valence-corrected chi connectivity index (χ0v) is 14.2. The first-order valence-corrected chi connectivity index (χ1v) is 8.18. The Morgan fingerprint density at radius 2 is 1.88 bits per heavy atom. The molecule has 0 bridgehead atoms. The van der Waals surface area contributed by atoms with Crippen LogP contribution in [0.3, 0.4) is 0 Å². The van der Waals surface area contributed by atoms with E-state index >= 15 is 0 Å². The second-order valence-corrected chi connectivity index (χ2v) is 6.15. The van der Waals surface area contributed by atoms with Crippen molar-refractivity contribution in [1.82, 2.24) is 9.38 Å². The number of aromatic nitrogens is 3. The van der Waals surface area contributed by atoms with Gasteiger partial charge in [-0.3, -0.25) is 9.20 Å². The number of nitrogens with zero attached hydrogens (tertiary/aromatic N) is 3. The summed E-state index contributed by atoms with van der Waals surface area (Å²) in [6.45, 7) is 0.574. The Balaban J connectivity index is 0.00000169. The first-order valence-electron chi connectivity index (χ1n) is 7.30. The monoisotopic (exact) mass is 355 g/mol. The highest BCUT2D eigenvalue weighted by molar-refractivity contribution is 7.15. The lowest BCUT2D eigenvalue weighted by Crippen LogP contribution is -3.00. The molecule has 3 aromatic heterocycles. The molecular formula is C18H14ClN3OS. The number of hydrogen-bond acceptors (Lipinski definition) is 3. The van der Waals surface area contributed by atoms with Gasteiger partial charge in [-0.1, -0.05) is 30.3 Å². The van der Waals surface area contributed by atoms with Crippen molar-refractivity contribution in [3.05, 3.63) is 88.5 Å². The van der Waals surface area contributed by atoms with Crippen LogP contribution in [0.15, 0.2) is 77.3 Å². The normalized spacial score (nSPS) is 10.5. The van der Waals surface area contributed by atoms with Crippen LogP contribution in [-0.2, 0) is 6.54 Å². The summed E-state index contributed by atoms with van der Waals surface area (Å²) in [4.78, 5) is 17.3. The van der Waals surface area contributed by atoms with E-state index in [9.17, 15) is 4.79 Å². The summed E-state index contributed by atoms with van der Waals surface area (Å²) in [5, 5.41) is 1.87. The van der Waals surface area contributed by atoms with Crippen LogP contribution in [0.5, 0.6) is 0 Å². The van der Waals surface area contributed by atoms with Gasteiger partial charge in [0.1, 0.15) is 5.69 Å². The number of thiazole rings is 1. The first-order chi connectivity index (χ1) is 11.3. The van der Waals surface area contributed by atoms with E-state index in [1.54, 1.807) is 16.7 Å². The molecule has 0 fully saturated rings. The number of rotatable bonds is 3. The summed E-state index contributed by atoms with van der Waals surface area (Å²) >= 11 is 1.47. The quantitative estimate of drug-likeness (QED) is 0.476. The second-order valence-electron chi connectivity index (χ2n) is 5.27. The summed E-state index contributed by atoms with van der Waals surface area (Å²) in [6, 6.07) is 15.9. The topological polar surface area (TPSA) is 38.2 Å². The number of fused-ring (bicyclic) bond motifs is 1. The van der Waals surface area contributed by atoms with Crippen molar-refractivity contribution < 1.29 is 17.0 Å². The van der Waals surface area contributed by atoms with E-state index < -0.39 is 0 Å². The van der Waals surface area contributed by atoms with Gasteiger partial charge < -0.3 is 12.4 Å². The summed E-state index contributed by atoms with van der Waals surface area (Å²) in [7, 11) is 0. The molecule has 4 rings (SSSR count). The molecule has 24 heavy (non-hydrogen) atoms. The number of hydrogen-bond donors (Lipinski definition) is 0. The van der Waals surface area contributed by atoms with Crippen LogP contribution in [0.1, 0.15) is 5.69 Å². The average molecular weight is 356 g/mol. The molecule has 3 heterocycles. The van der Waals surface area contributed by atoms with Gasteiger partial charge in [-0.2, -0.15) is 4.57 Å². The van der Waals surface area contributed by atoms with Gasteiger partial charge in [0.05, 0.1) is 0 Å². The van der Waals surface area contributed by atoms with Gasteiger partial charge in [0.2, 0.25) is 0 Å². The van der Waals surface area contributed by atoms with Crippen LogP contribution in [0.4, 0.5) is 0 Å². The summed E-state index contributed by atoms with van der Waals surface area (Å²) < 4.78 is 3.62. The molecule has 120 valence electrons. The molecule has 0 saturated heterocycles. The average Bonchev–Trinajstić information content (AvgIpc) is 3.05. The summed E-state index contributed by atoms with van der Waals surface area (Å²) in [5.41, 5.74) is 3.05.